The first kappa shape index (κ1) is 14.4. The Hall–Kier alpha value is -1.06. The zero-order valence-corrected chi connectivity index (χ0v) is 12.4. The van der Waals surface area contributed by atoms with Gasteiger partial charge in [-0.05, 0) is 45.5 Å². The Morgan fingerprint density at radius 3 is 2.68 bits per heavy atom. The number of nitrogens with zero attached hydrogens (tertiary/aromatic N) is 1. The van der Waals surface area contributed by atoms with Gasteiger partial charge in [0, 0.05) is 18.2 Å². The summed E-state index contributed by atoms with van der Waals surface area (Å²) in [6, 6.07) is 7.13. The second kappa shape index (κ2) is 6.92. The van der Waals surface area contributed by atoms with E-state index in [-0.39, 0.29) is 0 Å². The van der Waals surface area contributed by atoms with Crippen LogP contribution in [-0.2, 0) is 13.0 Å². The Kier molecular flexibility index (Phi) is 5.23. The number of rotatable bonds is 5. The number of ether oxygens (including phenoxy) is 1. The highest BCUT2D eigenvalue weighted by atomic mass is 16.5. The molecule has 1 aliphatic heterocycles. The van der Waals surface area contributed by atoms with E-state index in [9.17, 15) is 0 Å². The van der Waals surface area contributed by atoms with Crippen LogP contribution in [0.4, 0.5) is 0 Å². The molecule has 3 heteroatoms. The van der Waals surface area contributed by atoms with E-state index in [4.69, 9.17) is 4.74 Å². The van der Waals surface area contributed by atoms with E-state index in [1.165, 1.54) is 30.4 Å². The van der Waals surface area contributed by atoms with Crippen LogP contribution in [-0.4, -0.2) is 38.7 Å². The highest BCUT2D eigenvalue weighted by Crippen LogP contribution is 2.27. The SMILES string of the molecule is COc1c(CC2CCCCN2)cccc1CN(C)C. The van der Waals surface area contributed by atoms with Gasteiger partial charge in [0.2, 0.25) is 0 Å². The average Bonchev–Trinajstić information content (AvgIpc) is 2.39. The lowest BCUT2D eigenvalue weighted by atomic mass is 9.96. The van der Waals surface area contributed by atoms with Crippen molar-refractivity contribution < 1.29 is 4.74 Å². The molecule has 1 heterocycles. The lowest BCUT2D eigenvalue weighted by Crippen LogP contribution is -2.35. The van der Waals surface area contributed by atoms with Crippen molar-refractivity contribution >= 4 is 0 Å². The summed E-state index contributed by atoms with van der Waals surface area (Å²) in [6.45, 7) is 2.08. The van der Waals surface area contributed by atoms with Crippen LogP contribution in [0.15, 0.2) is 18.2 Å². The Balaban J connectivity index is 2.14. The third kappa shape index (κ3) is 3.95. The molecule has 1 aliphatic rings. The maximum absolute atomic E-state index is 5.66. The van der Waals surface area contributed by atoms with Crippen LogP contribution in [0.2, 0.25) is 0 Å². The van der Waals surface area contributed by atoms with Crippen LogP contribution in [0.1, 0.15) is 30.4 Å². The third-order valence-corrected chi connectivity index (χ3v) is 3.75. The van der Waals surface area contributed by atoms with E-state index >= 15 is 0 Å². The van der Waals surface area contributed by atoms with Crippen LogP contribution < -0.4 is 10.1 Å². The van der Waals surface area contributed by atoms with Gasteiger partial charge in [0.1, 0.15) is 5.75 Å². The highest BCUT2D eigenvalue weighted by molar-refractivity contribution is 5.42. The average molecular weight is 262 g/mol. The van der Waals surface area contributed by atoms with E-state index in [1.807, 2.05) is 0 Å². The highest BCUT2D eigenvalue weighted by Gasteiger charge is 2.17. The van der Waals surface area contributed by atoms with Gasteiger partial charge >= 0.3 is 0 Å². The van der Waals surface area contributed by atoms with Crippen LogP contribution in [0.5, 0.6) is 5.75 Å². The molecule has 0 aliphatic carbocycles. The van der Waals surface area contributed by atoms with Gasteiger partial charge in [-0.1, -0.05) is 24.6 Å². The molecular weight excluding hydrogens is 236 g/mol. The summed E-state index contributed by atoms with van der Waals surface area (Å²) in [5.74, 6) is 1.07. The summed E-state index contributed by atoms with van der Waals surface area (Å²) in [5, 5.41) is 3.61. The smallest absolute Gasteiger partial charge is 0.126 e. The summed E-state index contributed by atoms with van der Waals surface area (Å²) in [6.07, 6.45) is 5.01. The standard InChI is InChI=1S/C16H26N2O/c1-18(2)12-14-8-6-7-13(16(14)19-3)11-15-9-4-5-10-17-15/h6-8,15,17H,4-5,9-12H2,1-3H3. The van der Waals surface area contributed by atoms with Crippen molar-refractivity contribution in [3.05, 3.63) is 29.3 Å². The summed E-state index contributed by atoms with van der Waals surface area (Å²) in [4.78, 5) is 2.18. The minimum atomic E-state index is 0.609. The molecule has 1 atom stereocenters. The molecule has 0 saturated carbocycles. The van der Waals surface area contributed by atoms with Gasteiger partial charge in [-0.15, -0.1) is 0 Å². The van der Waals surface area contributed by atoms with E-state index in [0.717, 1.165) is 25.3 Å². The van der Waals surface area contributed by atoms with Crippen molar-refractivity contribution in [1.82, 2.24) is 10.2 Å². The summed E-state index contributed by atoms with van der Waals surface area (Å²) < 4.78 is 5.66. The van der Waals surface area contributed by atoms with Gasteiger partial charge in [-0.3, -0.25) is 0 Å². The zero-order valence-electron chi connectivity index (χ0n) is 12.4. The van der Waals surface area contributed by atoms with Gasteiger partial charge in [-0.2, -0.15) is 0 Å². The molecule has 1 saturated heterocycles. The fraction of sp³-hybridized carbons (Fsp3) is 0.625. The molecule has 0 amide bonds. The van der Waals surface area contributed by atoms with Gasteiger partial charge in [0.25, 0.3) is 0 Å². The Labute approximate surface area is 116 Å². The number of methoxy groups -OCH3 is 1. The second-order valence-corrected chi connectivity index (χ2v) is 5.70. The summed E-state index contributed by atoms with van der Waals surface area (Å²) in [7, 11) is 5.97. The number of piperidine rings is 1. The van der Waals surface area contributed by atoms with Crippen LogP contribution >= 0.6 is 0 Å². The summed E-state index contributed by atoms with van der Waals surface area (Å²) in [5.41, 5.74) is 2.61. The first-order valence-corrected chi connectivity index (χ1v) is 7.23. The quantitative estimate of drug-likeness (QED) is 0.882. The van der Waals surface area contributed by atoms with E-state index in [2.05, 4.69) is 42.5 Å². The first-order chi connectivity index (χ1) is 9.20. The maximum atomic E-state index is 5.66. The van der Waals surface area contributed by atoms with Crippen molar-refractivity contribution in [3.63, 3.8) is 0 Å². The first-order valence-electron chi connectivity index (χ1n) is 7.23. The second-order valence-electron chi connectivity index (χ2n) is 5.70. The van der Waals surface area contributed by atoms with Gasteiger partial charge in [0.15, 0.2) is 0 Å². The van der Waals surface area contributed by atoms with Crippen molar-refractivity contribution in [2.75, 3.05) is 27.7 Å². The van der Waals surface area contributed by atoms with Crippen molar-refractivity contribution in [1.29, 1.82) is 0 Å². The number of para-hydroxylation sites is 1. The molecule has 0 radical (unpaired) electrons. The van der Waals surface area contributed by atoms with Crippen molar-refractivity contribution in [2.24, 2.45) is 0 Å². The van der Waals surface area contributed by atoms with Crippen LogP contribution in [0.25, 0.3) is 0 Å². The molecule has 3 nitrogen and oxygen atoms in total. The largest absolute Gasteiger partial charge is 0.496 e. The fourth-order valence-electron chi connectivity index (χ4n) is 2.89. The van der Waals surface area contributed by atoms with E-state index in [0.29, 0.717) is 6.04 Å². The van der Waals surface area contributed by atoms with Crippen molar-refractivity contribution in [2.45, 2.75) is 38.3 Å². The fourth-order valence-corrected chi connectivity index (χ4v) is 2.89. The molecule has 1 unspecified atom stereocenters. The number of hydrogen-bond donors (Lipinski definition) is 1. The Morgan fingerprint density at radius 1 is 1.26 bits per heavy atom. The Bertz CT molecular complexity index is 398. The molecule has 1 fully saturated rings. The predicted octanol–water partition coefficient (Wildman–Crippen LogP) is 2.44. The maximum Gasteiger partial charge on any atom is 0.126 e. The molecule has 2 rings (SSSR count). The molecule has 0 bridgehead atoms. The molecular formula is C16H26N2O. The lowest BCUT2D eigenvalue weighted by Gasteiger charge is -2.25. The molecule has 1 aromatic rings. The molecule has 1 aromatic carbocycles. The Morgan fingerprint density at radius 2 is 2.05 bits per heavy atom. The minimum Gasteiger partial charge on any atom is -0.496 e. The van der Waals surface area contributed by atoms with E-state index in [1.54, 1.807) is 7.11 Å². The van der Waals surface area contributed by atoms with Crippen LogP contribution in [0, 0.1) is 0 Å². The summed E-state index contributed by atoms with van der Waals surface area (Å²) >= 11 is 0. The lowest BCUT2D eigenvalue weighted by molar-refractivity contribution is 0.361. The number of benzene rings is 1. The molecule has 1 N–H and O–H groups in total. The normalized spacial score (nSPS) is 19.7. The van der Waals surface area contributed by atoms with Crippen molar-refractivity contribution in [3.8, 4) is 5.75 Å². The zero-order chi connectivity index (χ0) is 13.7. The van der Waals surface area contributed by atoms with Gasteiger partial charge in [0.05, 0.1) is 7.11 Å². The van der Waals surface area contributed by atoms with Gasteiger partial charge < -0.3 is 15.0 Å². The molecule has 106 valence electrons. The topological polar surface area (TPSA) is 24.5 Å². The van der Waals surface area contributed by atoms with Crippen LogP contribution in [0.3, 0.4) is 0 Å². The minimum absolute atomic E-state index is 0.609. The van der Waals surface area contributed by atoms with E-state index < -0.39 is 0 Å². The van der Waals surface area contributed by atoms with Gasteiger partial charge in [-0.25, -0.2) is 0 Å². The number of nitrogens with one attached hydrogen (secondary N) is 1. The molecule has 0 spiro atoms. The monoisotopic (exact) mass is 262 g/mol. The number of hydrogen-bond acceptors (Lipinski definition) is 3. The molecule has 0 aromatic heterocycles. The predicted molar refractivity (Wildman–Crippen MR) is 79.7 cm³/mol. The molecule has 19 heavy (non-hydrogen) atoms. The third-order valence-electron chi connectivity index (χ3n) is 3.75.